The Morgan fingerprint density at radius 3 is 2.42 bits per heavy atom. The van der Waals surface area contributed by atoms with Crippen LogP contribution in [0.1, 0.15) is 0 Å². The van der Waals surface area contributed by atoms with E-state index in [-0.39, 0.29) is 0 Å². The van der Waals surface area contributed by atoms with Crippen LogP contribution in [0.15, 0.2) is 36.7 Å². The summed E-state index contributed by atoms with van der Waals surface area (Å²) in [5, 5.41) is 3.92. The molecule has 1 aromatic carbocycles. The predicted molar refractivity (Wildman–Crippen MR) is 74.3 cm³/mol. The molecular weight excluding hydrogens is 262 g/mol. The van der Waals surface area contributed by atoms with Gasteiger partial charge in [0.15, 0.2) is 11.6 Å². The van der Waals surface area contributed by atoms with Crippen LogP contribution in [-0.2, 0) is 0 Å². The van der Waals surface area contributed by atoms with Crippen molar-refractivity contribution >= 4 is 11.6 Å². The Hall–Kier alpha value is -1.65. The predicted octanol–water partition coefficient (Wildman–Crippen LogP) is 2.40. The van der Waals surface area contributed by atoms with Crippen molar-refractivity contribution in [3.05, 3.63) is 41.7 Å². The molecule has 3 rings (SSSR count). The maximum absolute atomic E-state index is 5.85. The van der Waals surface area contributed by atoms with Crippen molar-refractivity contribution < 1.29 is 4.74 Å². The number of hydrogen-bond donors (Lipinski definition) is 1. The van der Waals surface area contributed by atoms with Gasteiger partial charge in [0, 0.05) is 29.6 Å². The van der Waals surface area contributed by atoms with Crippen LogP contribution < -0.4 is 10.1 Å². The molecule has 1 fully saturated rings. The van der Waals surface area contributed by atoms with E-state index in [0.29, 0.717) is 22.5 Å². The van der Waals surface area contributed by atoms with Gasteiger partial charge in [-0.3, -0.25) is 0 Å². The highest BCUT2D eigenvalue weighted by molar-refractivity contribution is 6.30. The van der Waals surface area contributed by atoms with Gasteiger partial charge in [-0.1, -0.05) is 11.6 Å². The fraction of sp³-hybridized carbons (Fsp3) is 0.286. The van der Waals surface area contributed by atoms with Crippen LogP contribution in [0.25, 0.3) is 11.4 Å². The second kappa shape index (κ2) is 5.55. The van der Waals surface area contributed by atoms with Gasteiger partial charge in [-0.25, -0.2) is 9.97 Å². The average Bonchev–Trinajstić information content (AvgIpc) is 2.39. The number of hydrogen-bond acceptors (Lipinski definition) is 4. The topological polar surface area (TPSA) is 47.0 Å². The molecule has 0 bridgehead atoms. The number of ether oxygens (including phenoxy) is 1. The summed E-state index contributed by atoms with van der Waals surface area (Å²) < 4.78 is 5.63. The molecule has 98 valence electrons. The maximum Gasteiger partial charge on any atom is 0.159 e. The minimum absolute atomic E-state index is 0.607. The Bertz CT molecular complexity index is 538. The van der Waals surface area contributed by atoms with Crippen LogP contribution in [-0.4, -0.2) is 29.7 Å². The van der Waals surface area contributed by atoms with E-state index in [1.54, 1.807) is 12.4 Å². The number of rotatable bonds is 4. The highest BCUT2D eigenvalue weighted by Gasteiger charge is 2.17. The summed E-state index contributed by atoms with van der Waals surface area (Å²) in [7, 11) is 0. The third kappa shape index (κ3) is 3.03. The molecule has 1 N–H and O–H groups in total. The van der Waals surface area contributed by atoms with Crippen LogP contribution in [0.3, 0.4) is 0 Å². The van der Waals surface area contributed by atoms with Crippen LogP contribution in [0.4, 0.5) is 0 Å². The van der Waals surface area contributed by atoms with Crippen molar-refractivity contribution in [3.8, 4) is 17.1 Å². The third-order valence-electron chi connectivity index (χ3n) is 3.08. The maximum atomic E-state index is 5.85. The standard InChI is InChI=1S/C14H14ClN3O/c15-12-3-1-11(2-4-12)14-17-7-13(8-18-14)19-9-10-5-16-6-10/h1-4,7-8,10,16H,5-6,9H2. The lowest BCUT2D eigenvalue weighted by Gasteiger charge is -2.26. The number of nitrogens with one attached hydrogen (secondary N) is 1. The number of halogens is 1. The SMILES string of the molecule is Clc1ccc(-c2ncc(OCC3CNC3)cn2)cc1. The highest BCUT2D eigenvalue weighted by atomic mass is 35.5. The van der Waals surface area contributed by atoms with E-state index >= 15 is 0 Å². The van der Waals surface area contributed by atoms with Gasteiger partial charge < -0.3 is 10.1 Å². The van der Waals surface area contributed by atoms with Crippen LogP contribution in [0.5, 0.6) is 5.75 Å². The smallest absolute Gasteiger partial charge is 0.159 e. The molecule has 0 unspecified atom stereocenters. The van der Waals surface area contributed by atoms with Gasteiger partial charge in [-0.2, -0.15) is 0 Å². The van der Waals surface area contributed by atoms with Gasteiger partial charge in [0.1, 0.15) is 0 Å². The van der Waals surface area contributed by atoms with E-state index in [1.165, 1.54) is 0 Å². The zero-order valence-corrected chi connectivity index (χ0v) is 11.1. The first kappa shape index (κ1) is 12.4. The molecule has 1 aliphatic rings. The van der Waals surface area contributed by atoms with E-state index in [9.17, 15) is 0 Å². The normalized spacial score (nSPS) is 15.0. The van der Waals surface area contributed by atoms with Gasteiger partial charge in [0.2, 0.25) is 0 Å². The summed E-state index contributed by atoms with van der Waals surface area (Å²) in [6, 6.07) is 7.46. The van der Waals surface area contributed by atoms with Gasteiger partial charge in [0.25, 0.3) is 0 Å². The van der Waals surface area contributed by atoms with Gasteiger partial charge in [-0.15, -0.1) is 0 Å². The lowest BCUT2D eigenvalue weighted by Crippen LogP contribution is -2.45. The summed E-state index contributed by atoms with van der Waals surface area (Å²) in [6.45, 7) is 2.78. The Morgan fingerprint density at radius 1 is 1.16 bits per heavy atom. The molecule has 4 nitrogen and oxygen atoms in total. The first-order chi connectivity index (χ1) is 9.31. The number of benzene rings is 1. The van der Waals surface area contributed by atoms with E-state index in [2.05, 4.69) is 15.3 Å². The summed E-state index contributed by atoms with van der Waals surface area (Å²) in [5.41, 5.74) is 0.944. The lowest BCUT2D eigenvalue weighted by atomic mass is 10.1. The largest absolute Gasteiger partial charge is 0.490 e. The van der Waals surface area contributed by atoms with Gasteiger partial charge in [0.05, 0.1) is 19.0 Å². The Balaban J connectivity index is 1.65. The van der Waals surface area contributed by atoms with E-state index in [0.717, 1.165) is 25.3 Å². The molecule has 2 heterocycles. The Morgan fingerprint density at radius 2 is 1.84 bits per heavy atom. The second-order valence-electron chi connectivity index (χ2n) is 4.58. The molecule has 19 heavy (non-hydrogen) atoms. The molecule has 0 spiro atoms. The average molecular weight is 276 g/mol. The fourth-order valence-electron chi connectivity index (χ4n) is 1.82. The summed E-state index contributed by atoms with van der Waals surface area (Å²) in [4.78, 5) is 8.61. The first-order valence-electron chi connectivity index (χ1n) is 6.23. The highest BCUT2D eigenvalue weighted by Crippen LogP contribution is 2.19. The third-order valence-corrected chi connectivity index (χ3v) is 3.33. The number of nitrogens with zero attached hydrogens (tertiary/aromatic N) is 2. The Kier molecular flexibility index (Phi) is 3.62. The number of aromatic nitrogens is 2. The summed E-state index contributed by atoms with van der Waals surface area (Å²) in [6.07, 6.45) is 3.42. The second-order valence-corrected chi connectivity index (χ2v) is 5.02. The summed E-state index contributed by atoms with van der Waals surface area (Å²) in [5.74, 6) is 2.00. The molecule has 1 aromatic heterocycles. The summed E-state index contributed by atoms with van der Waals surface area (Å²) >= 11 is 5.85. The molecule has 1 saturated heterocycles. The molecular formula is C14H14ClN3O. The van der Waals surface area contributed by atoms with Crippen LogP contribution in [0.2, 0.25) is 5.02 Å². The van der Waals surface area contributed by atoms with Crippen LogP contribution >= 0.6 is 11.6 Å². The first-order valence-corrected chi connectivity index (χ1v) is 6.60. The quantitative estimate of drug-likeness (QED) is 0.931. The molecule has 0 saturated carbocycles. The zero-order chi connectivity index (χ0) is 13.1. The van der Waals surface area contributed by atoms with Crippen molar-refractivity contribution in [1.82, 2.24) is 15.3 Å². The monoisotopic (exact) mass is 275 g/mol. The molecule has 2 aromatic rings. The van der Waals surface area contributed by atoms with Crippen molar-refractivity contribution in [2.45, 2.75) is 0 Å². The van der Waals surface area contributed by atoms with E-state index in [4.69, 9.17) is 16.3 Å². The fourth-order valence-corrected chi connectivity index (χ4v) is 1.95. The minimum Gasteiger partial charge on any atom is -0.490 e. The van der Waals surface area contributed by atoms with Gasteiger partial charge in [-0.05, 0) is 24.3 Å². The van der Waals surface area contributed by atoms with Crippen molar-refractivity contribution in [2.24, 2.45) is 5.92 Å². The van der Waals surface area contributed by atoms with Crippen molar-refractivity contribution in [3.63, 3.8) is 0 Å². The molecule has 1 aliphatic heterocycles. The lowest BCUT2D eigenvalue weighted by molar-refractivity contribution is 0.198. The van der Waals surface area contributed by atoms with Gasteiger partial charge >= 0.3 is 0 Å². The molecule has 5 heteroatoms. The molecule has 0 radical (unpaired) electrons. The van der Waals surface area contributed by atoms with Crippen LogP contribution in [0, 0.1) is 5.92 Å². The molecule has 0 amide bonds. The Labute approximate surface area is 116 Å². The van der Waals surface area contributed by atoms with E-state index in [1.807, 2.05) is 24.3 Å². The van der Waals surface area contributed by atoms with Crippen molar-refractivity contribution in [2.75, 3.05) is 19.7 Å². The van der Waals surface area contributed by atoms with Crippen molar-refractivity contribution in [1.29, 1.82) is 0 Å². The van der Waals surface area contributed by atoms with E-state index < -0.39 is 0 Å². The molecule has 0 aliphatic carbocycles. The zero-order valence-electron chi connectivity index (χ0n) is 10.3. The molecule has 0 atom stereocenters. The minimum atomic E-state index is 0.607.